The average Bonchev–Trinajstić information content (AvgIpc) is 3.08. The molecular weight excluding hydrogens is 320 g/mol. The van der Waals surface area contributed by atoms with Crippen LogP contribution in [-0.4, -0.2) is 59.0 Å². The van der Waals surface area contributed by atoms with Crippen LogP contribution < -0.4 is 15.0 Å². The molecule has 2 amide bonds. The quantitative estimate of drug-likeness (QED) is 0.908. The maximum Gasteiger partial charge on any atom is 0.318 e. The molecule has 0 spiro atoms. The fourth-order valence-corrected chi connectivity index (χ4v) is 3.07. The van der Waals surface area contributed by atoms with Crippen LogP contribution in [0.2, 0.25) is 0 Å². The topological polar surface area (TPSA) is 75.5 Å². The molecule has 1 N–H and O–H groups in total. The number of aryl methyl sites for hydroxylation is 1. The first-order valence-corrected chi connectivity index (χ1v) is 8.37. The van der Waals surface area contributed by atoms with E-state index in [0.29, 0.717) is 13.1 Å². The summed E-state index contributed by atoms with van der Waals surface area (Å²) in [5.74, 6) is 1.59. The van der Waals surface area contributed by atoms with Crippen molar-refractivity contribution in [3.8, 4) is 5.75 Å². The minimum Gasteiger partial charge on any atom is -0.495 e. The first-order chi connectivity index (χ1) is 12.1. The highest BCUT2D eigenvalue weighted by atomic mass is 16.5. The Hall–Kier alpha value is -2.77. The second-order valence-corrected chi connectivity index (χ2v) is 6.12. The van der Waals surface area contributed by atoms with E-state index in [4.69, 9.17) is 4.74 Å². The van der Waals surface area contributed by atoms with Gasteiger partial charge < -0.3 is 24.4 Å². The summed E-state index contributed by atoms with van der Waals surface area (Å²) in [6.45, 7) is 4.77. The van der Waals surface area contributed by atoms with Gasteiger partial charge in [-0.2, -0.15) is 0 Å². The van der Waals surface area contributed by atoms with E-state index in [9.17, 15) is 4.79 Å². The van der Waals surface area contributed by atoms with Gasteiger partial charge in [0.25, 0.3) is 0 Å². The third kappa shape index (κ3) is 3.67. The van der Waals surface area contributed by atoms with Crippen molar-refractivity contribution >= 4 is 11.7 Å². The molecule has 1 saturated heterocycles. The lowest BCUT2D eigenvalue weighted by Gasteiger charge is -2.37. The normalized spacial score (nSPS) is 15.8. The van der Waals surface area contributed by atoms with Gasteiger partial charge in [-0.05, 0) is 19.1 Å². The molecule has 134 valence electrons. The van der Waals surface area contributed by atoms with E-state index in [1.165, 1.54) is 0 Å². The van der Waals surface area contributed by atoms with Crippen LogP contribution in [-0.2, 0) is 7.05 Å². The van der Waals surface area contributed by atoms with Crippen molar-refractivity contribution in [3.63, 3.8) is 0 Å². The zero-order valence-corrected chi connectivity index (χ0v) is 14.8. The summed E-state index contributed by atoms with van der Waals surface area (Å²) in [6.07, 6.45) is 1.63. The standard InChI is InChI=1S/C17H24N6O2/c1-13(16-20-18-12-21(16)2)19-17(24)23-10-8-22(9-11-23)14-6-4-5-7-15(14)25-3/h4-7,12-13H,8-11H2,1-3H3,(H,19,24)/t13-/m0/s1. The number of benzene rings is 1. The number of carbonyl (C=O) groups is 1. The number of nitrogens with one attached hydrogen (secondary N) is 1. The molecule has 0 aliphatic carbocycles. The third-order valence-corrected chi connectivity index (χ3v) is 4.47. The van der Waals surface area contributed by atoms with Crippen molar-refractivity contribution in [2.45, 2.75) is 13.0 Å². The van der Waals surface area contributed by atoms with E-state index in [1.54, 1.807) is 13.4 Å². The molecule has 1 fully saturated rings. The second-order valence-electron chi connectivity index (χ2n) is 6.12. The fraction of sp³-hybridized carbons (Fsp3) is 0.471. The Kier molecular flexibility index (Phi) is 5.06. The summed E-state index contributed by atoms with van der Waals surface area (Å²) in [5.41, 5.74) is 1.07. The molecule has 8 heteroatoms. The number of aromatic nitrogens is 3. The molecule has 0 saturated carbocycles. The SMILES string of the molecule is COc1ccccc1N1CCN(C(=O)N[C@@H](C)c2nncn2C)CC1. The molecular formula is C17H24N6O2. The molecule has 0 bridgehead atoms. The number of nitrogens with zero attached hydrogens (tertiary/aromatic N) is 5. The predicted octanol–water partition coefficient (Wildman–Crippen LogP) is 1.42. The Bertz CT molecular complexity index is 723. The van der Waals surface area contributed by atoms with Crippen LogP contribution in [0.1, 0.15) is 18.8 Å². The minimum absolute atomic E-state index is 0.0739. The summed E-state index contributed by atoms with van der Waals surface area (Å²) < 4.78 is 7.24. The van der Waals surface area contributed by atoms with Gasteiger partial charge in [0.05, 0.1) is 18.8 Å². The lowest BCUT2D eigenvalue weighted by atomic mass is 10.2. The summed E-state index contributed by atoms with van der Waals surface area (Å²) in [4.78, 5) is 16.6. The highest BCUT2D eigenvalue weighted by Crippen LogP contribution is 2.28. The van der Waals surface area contributed by atoms with E-state index in [1.807, 2.05) is 47.7 Å². The number of para-hydroxylation sites is 2. The number of rotatable bonds is 4. The Morgan fingerprint density at radius 3 is 2.60 bits per heavy atom. The second kappa shape index (κ2) is 7.42. The molecule has 0 radical (unpaired) electrons. The highest BCUT2D eigenvalue weighted by Gasteiger charge is 2.24. The summed E-state index contributed by atoms with van der Waals surface area (Å²) >= 11 is 0. The zero-order valence-electron chi connectivity index (χ0n) is 14.8. The number of hydrogen-bond acceptors (Lipinski definition) is 5. The minimum atomic E-state index is -0.188. The van der Waals surface area contributed by atoms with E-state index < -0.39 is 0 Å². The number of anilines is 1. The first-order valence-electron chi connectivity index (χ1n) is 8.37. The maximum atomic E-state index is 12.5. The third-order valence-electron chi connectivity index (χ3n) is 4.47. The molecule has 0 unspecified atom stereocenters. The van der Waals surface area contributed by atoms with Crippen LogP contribution in [0.3, 0.4) is 0 Å². The fourth-order valence-electron chi connectivity index (χ4n) is 3.07. The average molecular weight is 344 g/mol. The van der Waals surface area contributed by atoms with E-state index >= 15 is 0 Å². The van der Waals surface area contributed by atoms with Gasteiger partial charge in [-0.1, -0.05) is 12.1 Å². The monoisotopic (exact) mass is 344 g/mol. The van der Waals surface area contributed by atoms with Crippen LogP contribution in [0.5, 0.6) is 5.75 Å². The number of piperazine rings is 1. The Balaban J connectivity index is 1.57. The molecule has 25 heavy (non-hydrogen) atoms. The van der Waals surface area contributed by atoms with Crippen LogP contribution in [0.25, 0.3) is 0 Å². The summed E-state index contributed by atoms with van der Waals surface area (Å²) in [6, 6.07) is 7.70. The van der Waals surface area contributed by atoms with Crippen molar-refractivity contribution in [2.24, 2.45) is 7.05 Å². The van der Waals surface area contributed by atoms with Gasteiger partial charge in [-0.15, -0.1) is 10.2 Å². The maximum absolute atomic E-state index is 12.5. The molecule has 1 atom stereocenters. The largest absolute Gasteiger partial charge is 0.495 e. The molecule has 8 nitrogen and oxygen atoms in total. The Morgan fingerprint density at radius 2 is 1.96 bits per heavy atom. The van der Waals surface area contributed by atoms with E-state index in [-0.39, 0.29) is 12.1 Å². The van der Waals surface area contributed by atoms with Crippen molar-refractivity contribution < 1.29 is 9.53 Å². The number of methoxy groups -OCH3 is 1. The van der Waals surface area contributed by atoms with Crippen LogP contribution in [0.4, 0.5) is 10.5 Å². The summed E-state index contributed by atoms with van der Waals surface area (Å²) in [7, 11) is 3.54. The number of ether oxygens (including phenoxy) is 1. The van der Waals surface area contributed by atoms with Crippen molar-refractivity contribution in [3.05, 3.63) is 36.4 Å². The molecule has 1 aromatic heterocycles. The van der Waals surface area contributed by atoms with Crippen LogP contribution >= 0.6 is 0 Å². The smallest absolute Gasteiger partial charge is 0.318 e. The highest BCUT2D eigenvalue weighted by molar-refractivity contribution is 5.75. The zero-order chi connectivity index (χ0) is 17.8. The number of hydrogen-bond donors (Lipinski definition) is 1. The van der Waals surface area contributed by atoms with Crippen molar-refractivity contribution in [1.29, 1.82) is 0 Å². The van der Waals surface area contributed by atoms with Gasteiger partial charge in [0.1, 0.15) is 12.1 Å². The number of amides is 2. The van der Waals surface area contributed by atoms with Crippen molar-refractivity contribution in [2.75, 3.05) is 38.2 Å². The van der Waals surface area contributed by atoms with Gasteiger partial charge in [0, 0.05) is 33.2 Å². The predicted molar refractivity (Wildman–Crippen MR) is 94.7 cm³/mol. The van der Waals surface area contributed by atoms with Gasteiger partial charge in [-0.25, -0.2) is 4.79 Å². The molecule has 2 heterocycles. The van der Waals surface area contributed by atoms with Gasteiger partial charge >= 0.3 is 6.03 Å². The summed E-state index contributed by atoms with van der Waals surface area (Å²) in [5, 5.41) is 10.9. The number of urea groups is 1. The molecule has 3 rings (SSSR count). The van der Waals surface area contributed by atoms with Crippen LogP contribution in [0.15, 0.2) is 30.6 Å². The molecule has 1 aliphatic heterocycles. The van der Waals surface area contributed by atoms with Gasteiger partial charge in [0.15, 0.2) is 5.82 Å². The molecule has 1 aromatic carbocycles. The molecule has 1 aliphatic rings. The van der Waals surface area contributed by atoms with Gasteiger partial charge in [-0.3, -0.25) is 0 Å². The Morgan fingerprint density at radius 1 is 1.24 bits per heavy atom. The first kappa shape index (κ1) is 17.1. The lowest BCUT2D eigenvalue weighted by molar-refractivity contribution is 0.190. The van der Waals surface area contributed by atoms with Gasteiger partial charge in [0.2, 0.25) is 0 Å². The Labute approximate surface area is 147 Å². The number of carbonyl (C=O) groups excluding carboxylic acids is 1. The van der Waals surface area contributed by atoms with Crippen LogP contribution in [0, 0.1) is 0 Å². The van der Waals surface area contributed by atoms with Crippen molar-refractivity contribution in [1.82, 2.24) is 25.0 Å². The lowest BCUT2D eigenvalue weighted by Crippen LogP contribution is -2.52. The van der Waals surface area contributed by atoms with E-state index in [0.717, 1.165) is 30.4 Å². The van der Waals surface area contributed by atoms with E-state index in [2.05, 4.69) is 20.4 Å². The molecule has 2 aromatic rings.